The van der Waals surface area contributed by atoms with E-state index in [4.69, 9.17) is 4.84 Å². The quantitative estimate of drug-likeness (QED) is 0.828. The largest absolute Gasteiger partial charge is 0.287 e. The molecule has 1 radical (unpaired) electrons. The highest BCUT2D eigenvalue weighted by Gasteiger charge is 2.43. The molecule has 0 spiro atoms. The minimum absolute atomic E-state index is 0.0377. The fraction of sp³-hybridized carbons (Fsp3) is 0.647. The molecule has 3 heteroatoms. The Morgan fingerprint density at radius 2 is 1.65 bits per heavy atom. The Morgan fingerprint density at radius 1 is 1.10 bits per heavy atom. The molecule has 0 bridgehead atoms. The minimum Gasteiger partial charge on any atom is -0.287 e. The number of benzene rings is 1. The number of hydrogen-bond acceptors (Lipinski definition) is 2. The van der Waals surface area contributed by atoms with Gasteiger partial charge in [0.05, 0.1) is 0 Å². The van der Waals surface area contributed by atoms with Crippen molar-refractivity contribution in [2.24, 2.45) is 0 Å². The van der Waals surface area contributed by atoms with Crippen LogP contribution in [-0.4, -0.2) is 22.7 Å². The van der Waals surface area contributed by atoms with Gasteiger partial charge in [-0.05, 0) is 52.5 Å². The summed E-state index contributed by atoms with van der Waals surface area (Å²) in [6.07, 6.45) is 2.98. The van der Waals surface area contributed by atoms with Crippen LogP contribution in [0.4, 0.5) is 0 Å². The third-order valence-electron chi connectivity index (χ3n) is 4.23. The van der Waals surface area contributed by atoms with Crippen molar-refractivity contribution in [2.75, 3.05) is 6.61 Å². The van der Waals surface area contributed by atoms with Gasteiger partial charge in [-0.25, -0.2) is 5.11 Å². The molecule has 1 aromatic rings. The molecule has 1 saturated heterocycles. The molecule has 111 valence electrons. The van der Waals surface area contributed by atoms with E-state index in [0.29, 0.717) is 0 Å². The van der Waals surface area contributed by atoms with E-state index in [9.17, 15) is 5.11 Å². The number of rotatable bonds is 4. The predicted octanol–water partition coefficient (Wildman–Crippen LogP) is 4.13. The summed E-state index contributed by atoms with van der Waals surface area (Å²) in [5.74, 6) is 0. The second-order valence-electron chi connectivity index (χ2n) is 6.94. The lowest BCUT2D eigenvalue weighted by Crippen LogP contribution is -2.58. The van der Waals surface area contributed by atoms with Crippen LogP contribution in [0.3, 0.4) is 0 Å². The molecule has 20 heavy (non-hydrogen) atoms. The lowest BCUT2D eigenvalue weighted by Gasteiger charge is -2.52. The van der Waals surface area contributed by atoms with Gasteiger partial charge in [-0.1, -0.05) is 30.3 Å². The minimum atomic E-state index is -0.409. The average molecular weight is 276 g/mol. The molecule has 1 atom stereocenters. The third-order valence-corrected chi connectivity index (χ3v) is 4.23. The Labute approximate surface area is 122 Å². The fourth-order valence-corrected chi connectivity index (χ4v) is 3.24. The number of hydrogen-bond donors (Lipinski definition) is 0. The molecular weight excluding hydrogens is 250 g/mol. The van der Waals surface area contributed by atoms with Crippen LogP contribution in [-0.2, 0) is 9.94 Å². The number of hydroxylamine groups is 2. The molecule has 0 aromatic heterocycles. The van der Waals surface area contributed by atoms with Crippen molar-refractivity contribution in [1.82, 2.24) is 5.06 Å². The van der Waals surface area contributed by atoms with Crippen LogP contribution in [0.2, 0.25) is 0 Å². The Hall–Kier alpha value is -0.900. The van der Waals surface area contributed by atoms with Gasteiger partial charge in [-0.15, -0.1) is 0 Å². The monoisotopic (exact) mass is 276 g/mol. The molecule has 0 amide bonds. The Bertz CT molecular complexity index is 412. The molecule has 0 aliphatic carbocycles. The number of nitrogens with zero attached hydrogens (tertiary/aromatic N) is 1. The van der Waals surface area contributed by atoms with Gasteiger partial charge in [-0.3, -0.25) is 4.84 Å². The van der Waals surface area contributed by atoms with Crippen molar-refractivity contribution in [3.63, 3.8) is 0 Å². The maximum absolute atomic E-state index is 11.6. The molecule has 0 saturated carbocycles. The summed E-state index contributed by atoms with van der Waals surface area (Å²) in [6, 6.07) is 9.79. The molecule has 1 aliphatic heterocycles. The topological polar surface area (TPSA) is 32.4 Å². The van der Waals surface area contributed by atoms with Crippen LogP contribution in [0.1, 0.15) is 58.6 Å². The van der Waals surface area contributed by atoms with Gasteiger partial charge >= 0.3 is 0 Å². The smallest absolute Gasteiger partial charge is 0.131 e. The van der Waals surface area contributed by atoms with E-state index < -0.39 is 6.10 Å². The van der Waals surface area contributed by atoms with Gasteiger partial charge < -0.3 is 0 Å². The highest BCUT2D eigenvalue weighted by Crippen LogP contribution is 2.40. The lowest BCUT2D eigenvalue weighted by molar-refractivity contribution is -0.313. The Morgan fingerprint density at radius 3 is 2.15 bits per heavy atom. The van der Waals surface area contributed by atoms with Crippen molar-refractivity contribution in [2.45, 2.75) is 64.1 Å². The van der Waals surface area contributed by atoms with E-state index in [1.807, 2.05) is 30.3 Å². The van der Waals surface area contributed by atoms with E-state index in [1.165, 1.54) is 6.42 Å². The van der Waals surface area contributed by atoms with Crippen molar-refractivity contribution in [3.05, 3.63) is 35.9 Å². The van der Waals surface area contributed by atoms with Crippen molar-refractivity contribution < 1.29 is 9.94 Å². The maximum Gasteiger partial charge on any atom is 0.131 e. The van der Waals surface area contributed by atoms with Crippen molar-refractivity contribution in [1.29, 1.82) is 0 Å². The summed E-state index contributed by atoms with van der Waals surface area (Å²) in [6.45, 7) is 8.52. The lowest BCUT2D eigenvalue weighted by atomic mass is 9.82. The predicted molar refractivity (Wildman–Crippen MR) is 79.7 cm³/mol. The fourth-order valence-electron chi connectivity index (χ4n) is 3.24. The Balaban J connectivity index is 2.20. The van der Waals surface area contributed by atoms with Gasteiger partial charge in [-0.2, -0.15) is 5.06 Å². The van der Waals surface area contributed by atoms with E-state index in [-0.39, 0.29) is 17.7 Å². The molecule has 1 heterocycles. The molecule has 1 unspecified atom stereocenters. The summed E-state index contributed by atoms with van der Waals surface area (Å²) in [4.78, 5) is 6.18. The second kappa shape index (κ2) is 5.84. The van der Waals surface area contributed by atoms with E-state index in [2.05, 4.69) is 32.8 Å². The first kappa shape index (κ1) is 15.5. The molecule has 1 aromatic carbocycles. The van der Waals surface area contributed by atoms with Crippen molar-refractivity contribution >= 4 is 0 Å². The molecular formula is C17H26NO2. The number of piperidine rings is 1. The van der Waals surface area contributed by atoms with Crippen LogP contribution in [0.15, 0.2) is 30.3 Å². The summed E-state index contributed by atoms with van der Waals surface area (Å²) < 4.78 is 0. The van der Waals surface area contributed by atoms with Crippen LogP contribution in [0.5, 0.6) is 0 Å². The summed E-state index contributed by atoms with van der Waals surface area (Å²) in [7, 11) is 0. The normalized spacial score (nSPS) is 23.4. The first-order valence-electron chi connectivity index (χ1n) is 7.47. The van der Waals surface area contributed by atoms with Crippen LogP contribution in [0.25, 0.3) is 0 Å². The van der Waals surface area contributed by atoms with E-state index in [0.717, 1.165) is 18.4 Å². The summed E-state index contributed by atoms with van der Waals surface area (Å²) in [5, 5.41) is 13.6. The molecule has 2 rings (SSSR count). The van der Waals surface area contributed by atoms with Crippen LogP contribution in [0, 0.1) is 0 Å². The van der Waals surface area contributed by atoms with Gasteiger partial charge in [0.1, 0.15) is 12.7 Å². The summed E-state index contributed by atoms with van der Waals surface area (Å²) in [5.41, 5.74) is 0.883. The first-order chi connectivity index (χ1) is 9.37. The first-order valence-corrected chi connectivity index (χ1v) is 7.47. The van der Waals surface area contributed by atoms with E-state index in [1.54, 1.807) is 0 Å². The maximum atomic E-state index is 11.6. The van der Waals surface area contributed by atoms with Crippen LogP contribution < -0.4 is 0 Å². The molecule has 1 fully saturated rings. The summed E-state index contributed by atoms with van der Waals surface area (Å²) >= 11 is 0. The zero-order chi connectivity index (χ0) is 14.8. The highest BCUT2D eigenvalue weighted by molar-refractivity contribution is 5.17. The van der Waals surface area contributed by atoms with Gasteiger partial charge in [0.15, 0.2) is 0 Å². The SMILES string of the molecule is CC1(C)CCCC(C)(C)N1OC(C[O])c1ccccc1. The van der Waals surface area contributed by atoms with Crippen LogP contribution >= 0.6 is 0 Å². The molecule has 1 aliphatic rings. The zero-order valence-corrected chi connectivity index (χ0v) is 13.1. The van der Waals surface area contributed by atoms with E-state index >= 15 is 0 Å². The molecule has 3 nitrogen and oxygen atoms in total. The highest BCUT2D eigenvalue weighted by atomic mass is 16.7. The van der Waals surface area contributed by atoms with Crippen molar-refractivity contribution in [3.8, 4) is 0 Å². The third kappa shape index (κ3) is 3.22. The van der Waals surface area contributed by atoms with Gasteiger partial charge in [0, 0.05) is 11.1 Å². The Kier molecular flexibility index (Phi) is 4.52. The molecule has 0 N–H and O–H groups in total. The standard InChI is InChI=1S/C17H26NO2/c1-16(2)11-8-12-17(3,4)18(16)20-15(13-19)14-9-6-5-7-10-14/h5-7,9-10,15H,8,11-13H2,1-4H3. The average Bonchev–Trinajstić information content (AvgIpc) is 2.38. The zero-order valence-electron chi connectivity index (χ0n) is 13.1. The van der Waals surface area contributed by atoms with Gasteiger partial charge in [0.25, 0.3) is 0 Å². The van der Waals surface area contributed by atoms with Gasteiger partial charge in [0.2, 0.25) is 0 Å². The second-order valence-corrected chi connectivity index (χ2v) is 6.94.